The minimum absolute atomic E-state index is 0. The Morgan fingerprint density at radius 2 is 1.72 bits per heavy atom. The molecule has 1 N–H and O–H groups in total. The van der Waals surface area contributed by atoms with Crippen LogP contribution in [0.3, 0.4) is 0 Å². The summed E-state index contributed by atoms with van der Waals surface area (Å²) in [6.07, 6.45) is 0. The van der Waals surface area contributed by atoms with Gasteiger partial charge in [-0.3, -0.25) is 0 Å². The highest BCUT2D eigenvalue weighted by molar-refractivity contribution is 8.93. The van der Waals surface area contributed by atoms with Crippen LogP contribution in [0.5, 0.6) is 0 Å². The molecular weight excluding hydrogens is 392 g/mol. The van der Waals surface area contributed by atoms with Crippen molar-refractivity contribution in [1.82, 2.24) is 4.98 Å². The summed E-state index contributed by atoms with van der Waals surface area (Å²) in [6, 6.07) is 21.2. The predicted molar refractivity (Wildman–Crippen MR) is 115 cm³/mol. The van der Waals surface area contributed by atoms with Crippen LogP contribution in [0.4, 0.5) is 10.8 Å². The molecule has 0 radical (unpaired) electrons. The molecule has 4 rings (SSSR count). The molecule has 0 aliphatic heterocycles. The highest BCUT2D eigenvalue weighted by Crippen LogP contribution is 2.31. The van der Waals surface area contributed by atoms with Crippen LogP contribution in [-0.4, -0.2) is 4.98 Å². The molecule has 0 aliphatic carbocycles. The fourth-order valence-corrected chi connectivity index (χ4v) is 3.64. The first-order chi connectivity index (χ1) is 11.7. The van der Waals surface area contributed by atoms with Crippen molar-refractivity contribution in [3.05, 3.63) is 77.2 Å². The number of aromatic nitrogens is 1. The lowest BCUT2D eigenvalue weighted by Gasteiger charge is -2.07. The largest absolute Gasteiger partial charge is 0.331 e. The SMILES string of the molecule is Br.Cc1ccc(C)c(-c2csc(Nc3cccc4ccccc34)n2)c1. The third kappa shape index (κ3) is 3.60. The van der Waals surface area contributed by atoms with Gasteiger partial charge in [0.25, 0.3) is 0 Å². The van der Waals surface area contributed by atoms with Crippen molar-refractivity contribution in [1.29, 1.82) is 0 Å². The fraction of sp³-hybridized carbons (Fsp3) is 0.0952. The zero-order valence-electron chi connectivity index (χ0n) is 14.1. The molecule has 0 fully saturated rings. The Labute approximate surface area is 162 Å². The summed E-state index contributed by atoms with van der Waals surface area (Å²) in [5.74, 6) is 0. The maximum absolute atomic E-state index is 4.79. The minimum atomic E-state index is 0. The zero-order valence-corrected chi connectivity index (χ0v) is 16.6. The Kier molecular flexibility index (Phi) is 5.21. The molecule has 0 aliphatic rings. The second-order valence-corrected chi connectivity index (χ2v) is 6.87. The van der Waals surface area contributed by atoms with Crippen LogP contribution >= 0.6 is 28.3 Å². The number of fused-ring (bicyclic) bond motifs is 1. The molecule has 4 aromatic rings. The van der Waals surface area contributed by atoms with Gasteiger partial charge in [-0.05, 0) is 36.9 Å². The molecule has 0 spiro atoms. The molecule has 0 amide bonds. The first kappa shape index (κ1) is 17.6. The number of thiazole rings is 1. The van der Waals surface area contributed by atoms with Crippen LogP contribution in [0.25, 0.3) is 22.0 Å². The fourth-order valence-electron chi connectivity index (χ4n) is 2.92. The van der Waals surface area contributed by atoms with E-state index < -0.39 is 0 Å². The van der Waals surface area contributed by atoms with Gasteiger partial charge in [0, 0.05) is 22.0 Å². The van der Waals surface area contributed by atoms with Crippen molar-refractivity contribution in [2.75, 3.05) is 5.32 Å². The summed E-state index contributed by atoms with van der Waals surface area (Å²) in [5, 5.41) is 8.96. The third-order valence-corrected chi connectivity index (χ3v) is 4.96. The number of nitrogens with one attached hydrogen (secondary N) is 1. The Balaban J connectivity index is 0.00000182. The van der Waals surface area contributed by atoms with Gasteiger partial charge in [0.15, 0.2) is 5.13 Å². The van der Waals surface area contributed by atoms with Gasteiger partial charge in [-0.2, -0.15) is 0 Å². The maximum atomic E-state index is 4.79. The van der Waals surface area contributed by atoms with Gasteiger partial charge in [-0.15, -0.1) is 28.3 Å². The number of rotatable bonds is 3. The molecule has 0 saturated carbocycles. The van der Waals surface area contributed by atoms with E-state index in [2.05, 4.69) is 85.2 Å². The molecular formula is C21H19BrN2S. The van der Waals surface area contributed by atoms with E-state index >= 15 is 0 Å². The quantitative estimate of drug-likeness (QED) is 0.397. The van der Waals surface area contributed by atoms with Crippen LogP contribution in [0.15, 0.2) is 66.0 Å². The summed E-state index contributed by atoms with van der Waals surface area (Å²) < 4.78 is 0. The molecule has 0 unspecified atom stereocenters. The lowest BCUT2D eigenvalue weighted by atomic mass is 10.0. The smallest absolute Gasteiger partial charge is 0.187 e. The molecule has 0 bridgehead atoms. The summed E-state index contributed by atoms with van der Waals surface area (Å²) in [5.41, 5.74) is 5.84. The van der Waals surface area contributed by atoms with Crippen LogP contribution in [0.2, 0.25) is 0 Å². The molecule has 0 atom stereocenters. The van der Waals surface area contributed by atoms with Gasteiger partial charge in [0.1, 0.15) is 0 Å². The molecule has 1 heterocycles. The molecule has 2 nitrogen and oxygen atoms in total. The van der Waals surface area contributed by atoms with Gasteiger partial charge in [-0.25, -0.2) is 4.98 Å². The number of hydrogen-bond donors (Lipinski definition) is 1. The van der Waals surface area contributed by atoms with E-state index in [1.165, 1.54) is 27.5 Å². The number of hydrogen-bond acceptors (Lipinski definition) is 3. The van der Waals surface area contributed by atoms with E-state index in [0.29, 0.717) is 0 Å². The average Bonchev–Trinajstić information content (AvgIpc) is 3.06. The maximum Gasteiger partial charge on any atom is 0.187 e. The number of halogens is 1. The summed E-state index contributed by atoms with van der Waals surface area (Å²) in [6.45, 7) is 4.25. The molecule has 25 heavy (non-hydrogen) atoms. The van der Waals surface area contributed by atoms with E-state index in [0.717, 1.165) is 16.5 Å². The molecule has 126 valence electrons. The van der Waals surface area contributed by atoms with E-state index in [1.807, 2.05) is 0 Å². The first-order valence-electron chi connectivity index (χ1n) is 7.99. The summed E-state index contributed by atoms with van der Waals surface area (Å²) in [7, 11) is 0. The average molecular weight is 411 g/mol. The number of benzene rings is 3. The normalized spacial score (nSPS) is 10.5. The number of nitrogens with zero attached hydrogens (tertiary/aromatic N) is 1. The zero-order chi connectivity index (χ0) is 16.5. The van der Waals surface area contributed by atoms with Crippen LogP contribution in [0, 0.1) is 13.8 Å². The van der Waals surface area contributed by atoms with Crippen LogP contribution in [0.1, 0.15) is 11.1 Å². The molecule has 0 saturated heterocycles. The van der Waals surface area contributed by atoms with Gasteiger partial charge in [0.05, 0.1) is 5.69 Å². The lowest BCUT2D eigenvalue weighted by molar-refractivity contribution is 1.33. The van der Waals surface area contributed by atoms with Crippen molar-refractivity contribution in [3.63, 3.8) is 0 Å². The van der Waals surface area contributed by atoms with Gasteiger partial charge in [0.2, 0.25) is 0 Å². The van der Waals surface area contributed by atoms with E-state index in [1.54, 1.807) is 11.3 Å². The second-order valence-electron chi connectivity index (χ2n) is 6.01. The highest BCUT2D eigenvalue weighted by Gasteiger charge is 2.09. The van der Waals surface area contributed by atoms with Gasteiger partial charge >= 0.3 is 0 Å². The third-order valence-electron chi connectivity index (χ3n) is 4.20. The van der Waals surface area contributed by atoms with E-state index in [4.69, 9.17) is 4.98 Å². The van der Waals surface area contributed by atoms with Crippen molar-refractivity contribution in [3.8, 4) is 11.3 Å². The number of anilines is 2. The molecule has 4 heteroatoms. The van der Waals surface area contributed by atoms with E-state index in [-0.39, 0.29) is 17.0 Å². The first-order valence-corrected chi connectivity index (χ1v) is 8.86. The number of aryl methyl sites for hydroxylation is 2. The monoisotopic (exact) mass is 410 g/mol. The van der Waals surface area contributed by atoms with Crippen molar-refractivity contribution < 1.29 is 0 Å². The Morgan fingerprint density at radius 1 is 0.920 bits per heavy atom. The van der Waals surface area contributed by atoms with Crippen molar-refractivity contribution >= 4 is 49.9 Å². The standard InChI is InChI=1S/C21H18N2S.BrH/c1-14-10-11-15(2)18(12-14)20-13-24-21(23-20)22-19-9-5-7-16-6-3-4-8-17(16)19;/h3-13H,1-2H3,(H,22,23);1H. The Bertz CT molecular complexity index is 1020. The lowest BCUT2D eigenvalue weighted by Crippen LogP contribution is -1.91. The van der Waals surface area contributed by atoms with Crippen LogP contribution in [-0.2, 0) is 0 Å². The Morgan fingerprint density at radius 3 is 2.60 bits per heavy atom. The van der Waals surface area contributed by atoms with Crippen molar-refractivity contribution in [2.24, 2.45) is 0 Å². The van der Waals surface area contributed by atoms with E-state index in [9.17, 15) is 0 Å². The minimum Gasteiger partial charge on any atom is -0.331 e. The predicted octanol–water partition coefficient (Wildman–Crippen LogP) is 6.90. The topological polar surface area (TPSA) is 24.9 Å². The second kappa shape index (κ2) is 7.38. The molecule has 3 aromatic carbocycles. The van der Waals surface area contributed by atoms with Crippen LogP contribution < -0.4 is 5.32 Å². The van der Waals surface area contributed by atoms with Gasteiger partial charge < -0.3 is 5.32 Å². The summed E-state index contributed by atoms with van der Waals surface area (Å²) >= 11 is 1.64. The Hall–Kier alpha value is -2.17. The molecule has 1 aromatic heterocycles. The van der Waals surface area contributed by atoms with Gasteiger partial charge in [-0.1, -0.05) is 54.1 Å². The summed E-state index contributed by atoms with van der Waals surface area (Å²) in [4.78, 5) is 4.79. The highest BCUT2D eigenvalue weighted by atomic mass is 79.9. The van der Waals surface area contributed by atoms with Crippen molar-refractivity contribution in [2.45, 2.75) is 13.8 Å².